The third-order valence-corrected chi connectivity index (χ3v) is 8.23. The zero-order valence-electron chi connectivity index (χ0n) is 22.6. The van der Waals surface area contributed by atoms with Gasteiger partial charge < -0.3 is 10.2 Å². The van der Waals surface area contributed by atoms with E-state index < -0.39 is 34.1 Å². The molecule has 1 atom stereocenters. The van der Waals surface area contributed by atoms with Crippen LogP contribution in [0.4, 0.5) is 5.69 Å². The van der Waals surface area contributed by atoms with Crippen LogP contribution in [-0.4, -0.2) is 43.3 Å². The Hall–Kier alpha value is -3.07. The lowest BCUT2D eigenvalue weighted by molar-refractivity contribution is -0.140. The molecule has 0 fully saturated rings. The Kier molecular flexibility index (Phi) is 9.69. The molecule has 1 unspecified atom stereocenters. The average Bonchev–Trinajstić information content (AvgIpc) is 2.86. The largest absolute Gasteiger partial charge is 0.350 e. The molecule has 0 aromatic heterocycles. The summed E-state index contributed by atoms with van der Waals surface area (Å²) in [4.78, 5) is 28.4. The number of rotatable bonds is 9. The van der Waals surface area contributed by atoms with E-state index >= 15 is 0 Å². The first-order valence-electron chi connectivity index (χ1n) is 12.4. The molecule has 0 radical (unpaired) electrons. The molecular formula is C29H33Cl2N3O4S. The number of anilines is 1. The van der Waals surface area contributed by atoms with Gasteiger partial charge in [0, 0.05) is 22.1 Å². The Balaban J connectivity index is 2.02. The molecule has 3 aromatic rings. The molecule has 0 bridgehead atoms. The highest BCUT2D eigenvalue weighted by Gasteiger charge is 2.33. The van der Waals surface area contributed by atoms with E-state index in [0.29, 0.717) is 15.7 Å². The number of carbonyl (C=O) groups is 2. The van der Waals surface area contributed by atoms with Gasteiger partial charge in [0.1, 0.15) is 12.6 Å². The first kappa shape index (κ1) is 30.5. The number of hydrogen-bond donors (Lipinski definition) is 1. The highest BCUT2D eigenvalue weighted by molar-refractivity contribution is 7.92. The van der Waals surface area contributed by atoms with Gasteiger partial charge in [-0.1, -0.05) is 53.0 Å². The maximum absolute atomic E-state index is 13.9. The fourth-order valence-electron chi connectivity index (χ4n) is 3.82. The molecule has 3 aromatic carbocycles. The van der Waals surface area contributed by atoms with Crippen LogP contribution < -0.4 is 9.62 Å². The predicted molar refractivity (Wildman–Crippen MR) is 157 cm³/mol. The smallest absolute Gasteiger partial charge is 0.264 e. The fourth-order valence-corrected chi connectivity index (χ4v) is 5.48. The van der Waals surface area contributed by atoms with Gasteiger partial charge in [-0.15, -0.1) is 0 Å². The molecule has 7 nitrogen and oxygen atoms in total. The summed E-state index contributed by atoms with van der Waals surface area (Å²) in [7, 11) is -4.16. The minimum absolute atomic E-state index is 0.0111. The molecule has 0 heterocycles. The number of nitrogens with zero attached hydrogens (tertiary/aromatic N) is 2. The molecular weight excluding hydrogens is 557 g/mol. The van der Waals surface area contributed by atoms with E-state index in [1.54, 1.807) is 55.5 Å². The van der Waals surface area contributed by atoms with E-state index in [1.807, 2.05) is 27.7 Å². The number of halogens is 2. The molecule has 3 rings (SSSR count). The zero-order valence-corrected chi connectivity index (χ0v) is 24.9. The van der Waals surface area contributed by atoms with E-state index in [4.69, 9.17) is 23.2 Å². The number of nitrogens with one attached hydrogen (secondary N) is 1. The lowest BCUT2D eigenvalue weighted by Crippen LogP contribution is -2.54. The van der Waals surface area contributed by atoms with Crippen LogP contribution in [0, 0.1) is 6.92 Å². The Morgan fingerprint density at radius 3 is 1.90 bits per heavy atom. The number of benzene rings is 3. The summed E-state index contributed by atoms with van der Waals surface area (Å²) >= 11 is 12.0. The summed E-state index contributed by atoms with van der Waals surface area (Å²) in [5, 5.41) is 3.83. The van der Waals surface area contributed by atoms with Crippen LogP contribution in [0.2, 0.25) is 10.0 Å². The van der Waals surface area contributed by atoms with Crippen LogP contribution in [-0.2, 0) is 26.2 Å². The van der Waals surface area contributed by atoms with E-state index in [0.717, 1.165) is 15.4 Å². The van der Waals surface area contributed by atoms with Crippen molar-refractivity contribution in [2.75, 3.05) is 10.8 Å². The van der Waals surface area contributed by atoms with Crippen molar-refractivity contribution in [2.24, 2.45) is 0 Å². The third kappa shape index (κ3) is 8.21. The predicted octanol–water partition coefficient (Wildman–Crippen LogP) is 5.83. The minimum Gasteiger partial charge on any atom is -0.350 e. The van der Waals surface area contributed by atoms with Gasteiger partial charge in [-0.05, 0) is 88.7 Å². The summed E-state index contributed by atoms with van der Waals surface area (Å²) in [5.41, 5.74) is 1.48. The number of carbonyl (C=O) groups excluding carboxylic acids is 2. The minimum atomic E-state index is -4.16. The van der Waals surface area contributed by atoms with Gasteiger partial charge in [-0.25, -0.2) is 8.42 Å². The summed E-state index contributed by atoms with van der Waals surface area (Å²) in [6, 6.07) is 18.6. The monoisotopic (exact) mass is 589 g/mol. The van der Waals surface area contributed by atoms with E-state index in [2.05, 4.69) is 5.32 Å². The van der Waals surface area contributed by atoms with Gasteiger partial charge in [0.05, 0.1) is 10.6 Å². The lowest BCUT2D eigenvalue weighted by Gasteiger charge is -2.33. The quantitative estimate of drug-likeness (QED) is 0.340. The van der Waals surface area contributed by atoms with Gasteiger partial charge in [0.15, 0.2) is 0 Å². The average molecular weight is 591 g/mol. The molecule has 0 saturated carbocycles. The van der Waals surface area contributed by atoms with Gasteiger partial charge in [0.2, 0.25) is 11.8 Å². The summed E-state index contributed by atoms with van der Waals surface area (Å²) in [6.45, 7) is 8.61. The molecule has 208 valence electrons. The standard InChI is InChI=1S/C29H33Cl2N3O4S/c1-20-6-14-25(15-7-20)34(39(37,38)26-16-12-24(31)13-17-26)19-27(35)33(18-22-8-10-23(30)11-9-22)21(2)28(36)32-29(3,4)5/h6-17,21H,18-19H2,1-5H3,(H,32,36). The summed E-state index contributed by atoms with van der Waals surface area (Å²) < 4.78 is 28.6. The highest BCUT2D eigenvalue weighted by atomic mass is 35.5. The number of amides is 2. The van der Waals surface area contributed by atoms with E-state index in [1.165, 1.54) is 29.2 Å². The van der Waals surface area contributed by atoms with Crippen molar-refractivity contribution in [3.63, 3.8) is 0 Å². The van der Waals surface area contributed by atoms with Crippen molar-refractivity contribution in [1.82, 2.24) is 10.2 Å². The Morgan fingerprint density at radius 1 is 0.872 bits per heavy atom. The Bertz CT molecular complexity index is 1400. The van der Waals surface area contributed by atoms with Crippen molar-refractivity contribution in [3.8, 4) is 0 Å². The van der Waals surface area contributed by atoms with Crippen LogP contribution in [0.25, 0.3) is 0 Å². The van der Waals surface area contributed by atoms with E-state index in [9.17, 15) is 18.0 Å². The van der Waals surface area contributed by atoms with Crippen LogP contribution in [0.5, 0.6) is 0 Å². The molecule has 2 amide bonds. The van der Waals surface area contributed by atoms with Crippen molar-refractivity contribution in [2.45, 2.75) is 57.6 Å². The summed E-state index contributed by atoms with van der Waals surface area (Å²) in [6.07, 6.45) is 0. The molecule has 0 aliphatic rings. The molecule has 39 heavy (non-hydrogen) atoms. The van der Waals surface area contributed by atoms with Crippen LogP contribution >= 0.6 is 23.2 Å². The normalized spacial score (nSPS) is 12.5. The van der Waals surface area contributed by atoms with Gasteiger partial charge >= 0.3 is 0 Å². The third-order valence-electron chi connectivity index (χ3n) is 5.93. The molecule has 1 N–H and O–H groups in total. The zero-order chi connectivity index (χ0) is 29.0. The van der Waals surface area contributed by atoms with Gasteiger partial charge in [-0.2, -0.15) is 0 Å². The second-order valence-corrected chi connectivity index (χ2v) is 13.1. The SMILES string of the molecule is Cc1ccc(N(CC(=O)N(Cc2ccc(Cl)cc2)C(C)C(=O)NC(C)(C)C)S(=O)(=O)c2ccc(Cl)cc2)cc1. The number of hydrogen-bond acceptors (Lipinski definition) is 4. The maximum Gasteiger partial charge on any atom is 0.264 e. The van der Waals surface area contributed by atoms with Gasteiger partial charge in [0.25, 0.3) is 10.0 Å². The maximum atomic E-state index is 13.9. The first-order chi connectivity index (χ1) is 18.2. The lowest BCUT2D eigenvalue weighted by atomic mass is 10.1. The van der Waals surface area contributed by atoms with Crippen LogP contribution in [0.15, 0.2) is 77.7 Å². The Morgan fingerprint density at radius 2 is 1.38 bits per heavy atom. The molecule has 0 spiro atoms. The van der Waals surface area contributed by atoms with Crippen molar-refractivity contribution in [1.29, 1.82) is 0 Å². The molecule has 0 aliphatic heterocycles. The topological polar surface area (TPSA) is 86.8 Å². The van der Waals surface area contributed by atoms with E-state index in [-0.39, 0.29) is 17.3 Å². The van der Waals surface area contributed by atoms with Crippen molar-refractivity contribution in [3.05, 3.63) is 94.0 Å². The van der Waals surface area contributed by atoms with Crippen LogP contribution in [0.3, 0.4) is 0 Å². The molecule has 10 heteroatoms. The van der Waals surface area contributed by atoms with Crippen LogP contribution in [0.1, 0.15) is 38.8 Å². The van der Waals surface area contributed by atoms with Gasteiger partial charge in [-0.3, -0.25) is 13.9 Å². The molecule has 0 saturated heterocycles. The number of sulfonamides is 1. The first-order valence-corrected chi connectivity index (χ1v) is 14.6. The highest BCUT2D eigenvalue weighted by Crippen LogP contribution is 2.26. The number of aryl methyl sites for hydroxylation is 1. The summed E-state index contributed by atoms with van der Waals surface area (Å²) in [5.74, 6) is -0.896. The fraction of sp³-hybridized carbons (Fsp3) is 0.310. The van der Waals surface area contributed by atoms with Crippen molar-refractivity contribution < 1.29 is 18.0 Å². The second-order valence-electron chi connectivity index (χ2n) is 10.4. The Labute approximate surface area is 240 Å². The second kappa shape index (κ2) is 12.4. The van der Waals surface area contributed by atoms with Crippen molar-refractivity contribution >= 4 is 50.7 Å². The molecule has 0 aliphatic carbocycles.